The second-order valence-electron chi connectivity index (χ2n) is 5.13. The van der Waals surface area contributed by atoms with E-state index in [1.807, 2.05) is 18.5 Å². The summed E-state index contributed by atoms with van der Waals surface area (Å²) >= 11 is 0. The SMILES string of the molecule is CCCCCC.CN1CCC[C@H]1c1cccnc1. The highest BCUT2D eigenvalue weighted by atomic mass is 15.1. The van der Waals surface area contributed by atoms with E-state index in [2.05, 4.69) is 36.8 Å². The minimum Gasteiger partial charge on any atom is -0.299 e. The van der Waals surface area contributed by atoms with Crippen molar-refractivity contribution in [1.82, 2.24) is 9.88 Å². The molecule has 2 nitrogen and oxygen atoms in total. The molecule has 1 atom stereocenters. The van der Waals surface area contributed by atoms with Gasteiger partial charge in [-0.15, -0.1) is 0 Å². The molecule has 1 saturated heterocycles. The maximum Gasteiger partial charge on any atom is 0.0360 e. The molecule has 18 heavy (non-hydrogen) atoms. The Hall–Kier alpha value is -0.890. The summed E-state index contributed by atoms with van der Waals surface area (Å²) in [6.07, 6.45) is 11.9. The molecule has 2 heteroatoms. The topological polar surface area (TPSA) is 16.1 Å². The molecule has 0 saturated carbocycles. The second-order valence-corrected chi connectivity index (χ2v) is 5.13. The van der Waals surface area contributed by atoms with Gasteiger partial charge in [-0.05, 0) is 38.1 Å². The van der Waals surface area contributed by atoms with Gasteiger partial charge in [0.15, 0.2) is 0 Å². The molecule has 1 aliphatic rings. The lowest BCUT2D eigenvalue weighted by atomic mass is 10.1. The summed E-state index contributed by atoms with van der Waals surface area (Å²) in [4.78, 5) is 6.54. The standard InChI is InChI=1S/C10H14N2.C6H14/c1-12-7-3-5-10(12)9-4-2-6-11-8-9;1-3-5-6-4-2/h2,4,6,8,10H,3,5,7H2,1H3;3-6H2,1-2H3/t10-;/m0./s1. The lowest BCUT2D eigenvalue weighted by Crippen LogP contribution is -2.17. The van der Waals surface area contributed by atoms with Crippen LogP contribution in [0.3, 0.4) is 0 Å². The number of pyridine rings is 1. The van der Waals surface area contributed by atoms with E-state index in [1.165, 1.54) is 50.6 Å². The maximum atomic E-state index is 4.14. The Kier molecular flexibility index (Phi) is 7.66. The van der Waals surface area contributed by atoms with Crippen LogP contribution in [-0.4, -0.2) is 23.5 Å². The van der Waals surface area contributed by atoms with Crippen molar-refractivity contribution in [2.45, 2.75) is 58.4 Å². The molecule has 0 amide bonds. The molecule has 0 bridgehead atoms. The number of unbranched alkanes of at least 4 members (excludes halogenated alkanes) is 3. The van der Waals surface area contributed by atoms with Crippen LogP contribution in [-0.2, 0) is 0 Å². The van der Waals surface area contributed by atoms with E-state index in [0.717, 1.165) is 0 Å². The lowest BCUT2D eigenvalue weighted by Gasteiger charge is -2.18. The van der Waals surface area contributed by atoms with Crippen molar-refractivity contribution in [2.24, 2.45) is 0 Å². The van der Waals surface area contributed by atoms with Crippen molar-refractivity contribution in [2.75, 3.05) is 13.6 Å². The molecule has 0 aromatic carbocycles. The fraction of sp³-hybridized carbons (Fsp3) is 0.688. The maximum absolute atomic E-state index is 4.14. The molecule has 0 aliphatic carbocycles. The average molecular weight is 248 g/mol. The molecule has 0 spiro atoms. The van der Waals surface area contributed by atoms with Crippen LogP contribution in [0.5, 0.6) is 0 Å². The average Bonchev–Trinajstić information content (AvgIpc) is 2.84. The molecule has 1 fully saturated rings. The van der Waals surface area contributed by atoms with Crippen LogP contribution in [0.1, 0.15) is 64.0 Å². The Morgan fingerprint density at radius 3 is 2.44 bits per heavy atom. The highest BCUT2D eigenvalue weighted by Crippen LogP contribution is 2.29. The van der Waals surface area contributed by atoms with Crippen LogP contribution in [0.2, 0.25) is 0 Å². The summed E-state index contributed by atoms with van der Waals surface area (Å²) in [6.45, 7) is 5.69. The molecule has 0 unspecified atom stereocenters. The summed E-state index contributed by atoms with van der Waals surface area (Å²) in [5.74, 6) is 0. The van der Waals surface area contributed by atoms with Gasteiger partial charge in [0.05, 0.1) is 0 Å². The van der Waals surface area contributed by atoms with Crippen molar-refractivity contribution in [3.8, 4) is 0 Å². The Labute approximate surface area is 112 Å². The largest absolute Gasteiger partial charge is 0.299 e. The van der Waals surface area contributed by atoms with Gasteiger partial charge in [0, 0.05) is 18.4 Å². The first-order valence-electron chi connectivity index (χ1n) is 7.39. The number of rotatable bonds is 4. The summed E-state index contributed by atoms with van der Waals surface area (Å²) in [7, 11) is 2.19. The van der Waals surface area contributed by atoms with Gasteiger partial charge >= 0.3 is 0 Å². The number of likely N-dealkylation sites (tertiary alicyclic amines) is 1. The monoisotopic (exact) mass is 248 g/mol. The molecular formula is C16H28N2. The first kappa shape index (κ1) is 15.2. The molecule has 1 aliphatic heterocycles. The molecular weight excluding hydrogens is 220 g/mol. The Balaban J connectivity index is 0.000000232. The zero-order valence-electron chi connectivity index (χ0n) is 12.2. The second kappa shape index (κ2) is 9.09. The molecule has 102 valence electrons. The molecule has 0 radical (unpaired) electrons. The summed E-state index contributed by atoms with van der Waals surface area (Å²) in [5.41, 5.74) is 1.36. The molecule has 2 heterocycles. The number of nitrogens with zero attached hydrogens (tertiary/aromatic N) is 2. The summed E-state index contributed by atoms with van der Waals surface area (Å²) in [5, 5.41) is 0. The quantitative estimate of drug-likeness (QED) is 0.733. The van der Waals surface area contributed by atoms with Crippen molar-refractivity contribution in [1.29, 1.82) is 0 Å². The van der Waals surface area contributed by atoms with E-state index in [9.17, 15) is 0 Å². The van der Waals surface area contributed by atoms with Gasteiger partial charge in [-0.3, -0.25) is 9.88 Å². The zero-order valence-corrected chi connectivity index (χ0v) is 12.2. The van der Waals surface area contributed by atoms with Crippen LogP contribution in [0.25, 0.3) is 0 Å². The van der Waals surface area contributed by atoms with E-state index in [-0.39, 0.29) is 0 Å². The van der Waals surface area contributed by atoms with Gasteiger partial charge in [0.25, 0.3) is 0 Å². The normalized spacial score (nSPS) is 19.4. The van der Waals surface area contributed by atoms with E-state index >= 15 is 0 Å². The van der Waals surface area contributed by atoms with Crippen molar-refractivity contribution in [3.63, 3.8) is 0 Å². The minimum absolute atomic E-state index is 0.610. The predicted molar refractivity (Wildman–Crippen MR) is 78.7 cm³/mol. The fourth-order valence-corrected chi connectivity index (χ4v) is 2.40. The Morgan fingerprint density at radius 2 is 2.00 bits per heavy atom. The van der Waals surface area contributed by atoms with Crippen LogP contribution < -0.4 is 0 Å². The van der Waals surface area contributed by atoms with Gasteiger partial charge in [0.1, 0.15) is 0 Å². The zero-order chi connectivity index (χ0) is 13.2. The van der Waals surface area contributed by atoms with E-state index in [4.69, 9.17) is 0 Å². The Bertz CT molecular complexity index is 293. The summed E-state index contributed by atoms with van der Waals surface area (Å²) in [6, 6.07) is 4.79. The first-order chi connectivity index (χ1) is 8.79. The van der Waals surface area contributed by atoms with Gasteiger partial charge in [-0.2, -0.15) is 0 Å². The van der Waals surface area contributed by atoms with Crippen molar-refractivity contribution < 1.29 is 0 Å². The van der Waals surface area contributed by atoms with Gasteiger partial charge < -0.3 is 0 Å². The smallest absolute Gasteiger partial charge is 0.0360 e. The highest BCUT2D eigenvalue weighted by molar-refractivity contribution is 5.14. The van der Waals surface area contributed by atoms with Crippen molar-refractivity contribution >= 4 is 0 Å². The van der Waals surface area contributed by atoms with Crippen LogP contribution in [0, 0.1) is 0 Å². The third-order valence-electron chi connectivity index (χ3n) is 3.55. The van der Waals surface area contributed by atoms with Crippen molar-refractivity contribution in [3.05, 3.63) is 30.1 Å². The van der Waals surface area contributed by atoms with Gasteiger partial charge in [-0.1, -0.05) is 45.6 Å². The summed E-state index contributed by atoms with van der Waals surface area (Å²) < 4.78 is 0. The van der Waals surface area contributed by atoms with Crippen LogP contribution in [0.4, 0.5) is 0 Å². The lowest BCUT2D eigenvalue weighted by molar-refractivity contribution is 0.317. The van der Waals surface area contributed by atoms with E-state index < -0.39 is 0 Å². The van der Waals surface area contributed by atoms with Gasteiger partial charge in [0.2, 0.25) is 0 Å². The third-order valence-corrected chi connectivity index (χ3v) is 3.55. The van der Waals surface area contributed by atoms with Crippen LogP contribution in [0.15, 0.2) is 24.5 Å². The Morgan fingerprint density at radius 1 is 1.28 bits per heavy atom. The number of hydrogen-bond acceptors (Lipinski definition) is 2. The van der Waals surface area contributed by atoms with E-state index in [1.54, 1.807) is 0 Å². The molecule has 2 rings (SSSR count). The highest BCUT2D eigenvalue weighted by Gasteiger charge is 2.21. The molecule has 0 N–H and O–H groups in total. The number of aromatic nitrogens is 1. The first-order valence-corrected chi connectivity index (χ1v) is 7.39. The third kappa shape index (κ3) is 5.18. The van der Waals surface area contributed by atoms with Crippen LogP contribution >= 0.6 is 0 Å². The molecule has 1 aromatic heterocycles. The predicted octanol–water partition coefficient (Wildman–Crippen LogP) is 4.43. The van der Waals surface area contributed by atoms with Gasteiger partial charge in [-0.25, -0.2) is 0 Å². The number of hydrogen-bond donors (Lipinski definition) is 0. The molecule has 1 aromatic rings. The fourth-order valence-electron chi connectivity index (χ4n) is 2.40. The minimum atomic E-state index is 0.610. The van der Waals surface area contributed by atoms with E-state index in [0.29, 0.717) is 6.04 Å².